The lowest BCUT2D eigenvalue weighted by molar-refractivity contribution is -0.00552. The van der Waals surface area contributed by atoms with Crippen molar-refractivity contribution in [3.8, 4) is 12.1 Å². The van der Waals surface area contributed by atoms with Crippen molar-refractivity contribution in [2.75, 3.05) is 38.3 Å². The van der Waals surface area contributed by atoms with Gasteiger partial charge in [-0.15, -0.1) is 0 Å². The summed E-state index contributed by atoms with van der Waals surface area (Å²) in [6.45, 7) is 16.4. The summed E-state index contributed by atoms with van der Waals surface area (Å²) < 4.78 is 34.4. The zero-order valence-corrected chi connectivity index (χ0v) is 29.3. The summed E-state index contributed by atoms with van der Waals surface area (Å²) >= 11 is 0. The highest BCUT2D eigenvalue weighted by atomic mass is 28.4. The number of hydrogen-bond acceptors (Lipinski definition) is 9. The molecule has 2 fully saturated rings. The van der Waals surface area contributed by atoms with Crippen molar-refractivity contribution < 1.29 is 18.3 Å². The molecule has 0 bridgehead atoms. The van der Waals surface area contributed by atoms with Crippen molar-refractivity contribution in [3.63, 3.8) is 0 Å². The van der Waals surface area contributed by atoms with E-state index in [0.717, 1.165) is 0 Å². The standard InChI is InChI=1S/C35H47FN6O3Si/c1-25(29-19-26(36)21-41(29)8)44-32-39-30(20-37)38-31(40-32)42-22-35(7,24-43-23-34(42,5)6)45-46(33(2,3)4,27-15-11-9-12-16-27)28-17-13-10-14-18-28/h9-18,25-26,29H,19,21-24H2,1-8H3/t25-,26+,29-,35?/m0/s1. The normalized spacial score (nSPS) is 24.7. The fourth-order valence-electron chi connectivity index (χ4n) is 6.94. The fraction of sp³-hybridized carbons (Fsp3) is 0.543. The van der Waals surface area contributed by atoms with Crippen LogP contribution in [0.1, 0.15) is 60.7 Å². The van der Waals surface area contributed by atoms with Crippen LogP contribution in [-0.2, 0) is 9.16 Å². The third-order valence-electron chi connectivity index (χ3n) is 9.23. The number of benzene rings is 2. The molecular weight excluding hydrogens is 600 g/mol. The second-order valence-electron chi connectivity index (χ2n) is 14.6. The first-order valence-corrected chi connectivity index (χ1v) is 17.9. The number of rotatable bonds is 8. The highest BCUT2D eigenvalue weighted by molar-refractivity contribution is 6.99. The topological polar surface area (TPSA) is 96.6 Å². The Balaban J connectivity index is 1.55. The maximum absolute atomic E-state index is 14.1. The molecule has 46 heavy (non-hydrogen) atoms. The van der Waals surface area contributed by atoms with Gasteiger partial charge in [-0.3, -0.25) is 4.90 Å². The largest absolute Gasteiger partial charge is 0.459 e. The Morgan fingerprint density at radius 3 is 2.13 bits per heavy atom. The summed E-state index contributed by atoms with van der Waals surface area (Å²) in [5.74, 6) is 0.260. The van der Waals surface area contributed by atoms with Crippen LogP contribution in [0.4, 0.5) is 10.3 Å². The second-order valence-corrected chi connectivity index (χ2v) is 18.8. The molecule has 0 radical (unpaired) electrons. The number of likely N-dealkylation sites (tertiary alicyclic amines) is 1. The van der Waals surface area contributed by atoms with Gasteiger partial charge < -0.3 is 18.8 Å². The van der Waals surface area contributed by atoms with Crippen molar-refractivity contribution in [1.82, 2.24) is 19.9 Å². The molecule has 0 aliphatic carbocycles. The molecule has 0 amide bonds. The van der Waals surface area contributed by atoms with Gasteiger partial charge in [-0.05, 0) is 56.6 Å². The zero-order chi connectivity index (χ0) is 33.3. The van der Waals surface area contributed by atoms with Gasteiger partial charge in [-0.2, -0.15) is 20.2 Å². The Labute approximate surface area is 273 Å². The lowest BCUT2D eigenvalue weighted by Gasteiger charge is -2.49. The molecule has 9 nitrogen and oxygen atoms in total. The number of alkyl halides is 1. The Kier molecular flexibility index (Phi) is 9.58. The van der Waals surface area contributed by atoms with Crippen LogP contribution in [0.15, 0.2) is 60.7 Å². The minimum Gasteiger partial charge on any atom is -0.459 e. The Bertz CT molecular complexity index is 1490. The van der Waals surface area contributed by atoms with Crippen LogP contribution in [0.3, 0.4) is 0 Å². The molecule has 0 N–H and O–H groups in total. The Hall–Kier alpha value is -3.43. The lowest BCUT2D eigenvalue weighted by atomic mass is 10.0. The highest BCUT2D eigenvalue weighted by Gasteiger charge is 2.55. The van der Waals surface area contributed by atoms with E-state index in [9.17, 15) is 9.65 Å². The summed E-state index contributed by atoms with van der Waals surface area (Å²) in [6.07, 6.45) is -0.928. The number of anilines is 1. The van der Waals surface area contributed by atoms with Gasteiger partial charge in [-0.1, -0.05) is 81.4 Å². The van der Waals surface area contributed by atoms with E-state index in [1.165, 1.54) is 10.4 Å². The van der Waals surface area contributed by atoms with Gasteiger partial charge in [0.15, 0.2) is 0 Å². The number of hydrogen-bond donors (Lipinski definition) is 0. The van der Waals surface area contributed by atoms with Crippen LogP contribution in [0.2, 0.25) is 5.04 Å². The molecule has 1 unspecified atom stereocenters. The third-order valence-corrected chi connectivity index (χ3v) is 14.4. The van der Waals surface area contributed by atoms with E-state index in [4.69, 9.17) is 18.9 Å². The molecule has 246 valence electrons. The zero-order valence-electron chi connectivity index (χ0n) is 28.3. The van der Waals surface area contributed by atoms with E-state index in [1.54, 1.807) is 0 Å². The summed E-state index contributed by atoms with van der Waals surface area (Å²) in [6, 6.07) is 23.1. The molecule has 11 heteroatoms. The van der Waals surface area contributed by atoms with E-state index in [2.05, 4.69) is 111 Å². The molecule has 2 aromatic carbocycles. The SMILES string of the molecule is C[C@H](Oc1nc(C#N)nc(N2CC(C)(O[Si](c3ccccc3)(c3ccccc3)C(C)(C)C)COCC2(C)C)n1)[C@@H]1C[C@@H](F)CN1C. The summed E-state index contributed by atoms with van der Waals surface area (Å²) in [7, 11) is -1.07. The number of nitrogens with zero attached hydrogens (tertiary/aromatic N) is 6. The lowest BCUT2D eigenvalue weighted by Crippen LogP contribution is -2.71. The van der Waals surface area contributed by atoms with E-state index in [1.807, 2.05) is 31.0 Å². The first kappa shape index (κ1) is 33.9. The van der Waals surface area contributed by atoms with Crippen LogP contribution in [0, 0.1) is 11.3 Å². The molecule has 3 aromatic rings. The highest BCUT2D eigenvalue weighted by Crippen LogP contribution is 2.41. The van der Waals surface area contributed by atoms with Crippen LogP contribution in [0.5, 0.6) is 6.01 Å². The van der Waals surface area contributed by atoms with Crippen molar-refractivity contribution in [1.29, 1.82) is 5.26 Å². The molecule has 4 atom stereocenters. The molecular formula is C35H47FN6O3Si. The van der Waals surface area contributed by atoms with Crippen molar-refractivity contribution in [3.05, 3.63) is 66.5 Å². The van der Waals surface area contributed by atoms with Crippen LogP contribution < -0.4 is 20.0 Å². The number of nitriles is 1. The average molecular weight is 647 g/mol. The molecule has 0 saturated carbocycles. The summed E-state index contributed by atoms with van der Waals surface area (Å²) in [4.78, 5) is 17.6. The van der Waals surface area contributed by atoms with Crippen LogP contribution in [0.25, 0.3) is 0 Å². The molecule has 2 aliphatic heterocycles. The number of ether oxygens (including phenoxy) is 2. The predicted octanol–water partition coefficient (Wildman–Crippen LogP) is 4.50. The summed E-state index contributed by atoms with van der Waals surface area (Å²) in [5, 5.41) is 12.0. The quantitative estimate of drug-likeness (QED) is 0.328. The maximum Gasteiger partial charge on any atom is 0.322 e. The van der Waals surface area contributed by atoms with Gasteiger partial charge in [0.1, 0.15) is 18.3 Å². The first-order valence-electron chi connectivity index (χ1n) is 16.0. The van der Waals surface area contributed by atoms with E-state index in [0.29, 0.717) is 38.7 Å². The number of halogens is 1. The predicted molar refractivity (Wildman–Crippen MR) is 180 cm³/mol. The van der Waals surface area contributed by atoms with Gasteiger partial charge >= 0.3 is 6.01 Å². The molecule has 5 rings (SSSR count). The van der Waals surface area contributed by atoms with Crippen molar-refractivity contribution in [2.24, 2.45) is 0 Å². The van der Waals surface area contributed by atoms with E-state index in [-0.39, 0.29) is 22.9 Å². The Morgan fingerprint density at radius 1 is 1.00 bits per heavy atom. The third kappa shape index (κ3) is 6.81. The second kappa shape index (κ2) is 13.0. The van der Waals surface area contributed by atoms with Gasteiger partial charge in [0, 0.05) is 12.6 Å². The minimum absolute atomic E-state index is 0.0420. The van der Waals surface area contributed by atoms with Crippen molar-refractivity contribution in [2.45, 2.75) is 89.4 Å². The van der Waals surface area contributed by atoms with E-state index < -0.39 is 31.7 Å². The average Bonchev–Trinajstić information content (AvgIpc) is 3.30. The fourth-order valence-corrected chi connectivity index (χ4v) is 11.7. The van der Waals surface area contributed by atoms with Gasteiger partial charge in [0.25, 0.3) is 8.32 Å². The molecule has 2 aliphatic rings. The number of likely N-dealkylation sites (N-methyl/N-ethyl adjacent to an activating group) is 1. The smallest absolute Gasteiger partial charge is 0.322 e. The van der Waals surface area contributed by atoms with Crippen LogP contribution in [-0.4, -0.2) is 91.0 Å². The maximum atomic E-state index is 14.1. The minimum atomic E-state index is -2.96. The first-order chi connectivity index (χ1) is 21.7. The Morgan fingerprint density at radius 2 is 1.61 bits per heavy atom. The van der Waals surface area contributed by atoms with Crippen LogP contribution >= 0.6 is 0 Å². The monoisotopic (exact) mass is 646 g/mol. The summed E-state index contributed by atoms with van der Waals surface area (Å²) in [5.41, 5.74) is -1.36. The number of aromatic nitrogens is 3. The molecule has 2 saturated heterocycles. The van der Waals surface area contributed by atoms with Gasteiger partial charge in [-0.25, -0.2) is 4.39 Å². The van der Waals surface area contributed by atoms with Gasteiger partial charge in [0.05, 0.1) is 30.9 Å². The van der Waals surface area contributed by atoms with Crippen molar-refractivity contribution >= 4 is 24.6 Å². The molecule has 0 spiro atoms. The molecule has 3 heterocycles. The van der Waals surface area contributed by atoms with E-state index >= 15 is 0 Å². The van der Waals surface area contributed by atoms with Gasteiger partial charge in [0.2, 0.25) is 11.8 Å². The molecule has 1 aromatic heterocycles.